The lowest BCUT2D eigenvalue weighted by molar-refractivity contribution is -0.115. The summed E-state index contributed by atoms with van der Waals surface area (Å²) in [6, 6.07) is 21.6. The number of nitrogens with zero attached hydrogens (tertiary/aromatic N) is 6. The lowest BCUT2D eigenvalue weighted by Gasteiger charge is -2.11. The Hall–Kier alpha value is -6.66. The summed E-state index contributed by atoms with van der Waals surface area (Å²) in [5, 5.41) is 32.5. The zero-order chi connectivity index (χ0) is 37.4. The number of ether oxygens (including phenoxy) is 1. The van der Waals surface area contributed by atoms with E-state index in [1.807, 2.05) is 38.1 Å². The number of azo groups is 1. The molecule has 4 aromatic carbocycles. The van der Waals surface area contributed by atoms with Gasteiger partial charge in [-0.3, -0.25) is 19.4 Å². The minimum Gasteiger partial charge on any atom is -0.504 e. The van der Waals surface area contributed by atoms with E-state index in [2.05, 4.69) is 45.1 Å². The predicted octanol–water partition coefficient (Wildman–Crippen LogP) is 7.58. The highest BCUT2D eigenvalue weighted by Gasteiger charge is 2.20. The number of sulfonamides is 1. The van der Waals surface area contributed by atoms with Crippen LogP contribution in [-0.4, -0.2) is 49.5 Å². The van der Waals surface area contributed by atoms with Gasteiger partial charge in [-0.05, 0) is 73.9 Å². The van der Waals surface area contributed by atoms with Gasteiger partial charge in [-0.25, -0.2) is 13.4 Å². The standard InChI is InChI=1S/C35H30N10O6S2/c1-18-7-5-8-22(13-18)33-38-34-32(19(2)41-45(34)42-33)51-25-10-6-9-23(14-25)44-53(49,50)26-11-12-27-28(17-26)43-52-35(27)40-39-24-15-29(36-20(3)46)31(48)30(16-24)37-21(4)47/h5-17,41,44,48H,1-4H3,(H,36,46)(H,37,47). The van der Waals surface area contributed by atoms with Gasteiger partial charge in [0.1, 0.15) is 5.75 Å². The largest absolute Gasteiger partial charge is 0.504 e. The number of amides is 2. The van der Waals surface area contributed by atoms with E-state index in [-0.39, 0.29) is 33.4 Å². The van der Waals surface area contributed by atoms with E-state index < -0.39 is 21.8 Å². The van der Waals surface area contributed by atoms with Gasteiger partial charge in [-0.1, -0.05) is 29.8 Å². The van der Waals surface area contributed by atoms with Gasteiger partial charge in [0, 0.05) is 30.9 Å². The fraction of sp³-hybridized carbons (Fsp3) is 0.114. The minimum absolute atomic E-state index is 0.0288. The van der Waals surface area contributed by atoms with E-state index in [4.69, 9.17) is 4.74 Å². The Balaban J connectivity index is 1.09. The zero-order valence-electron chi connectivity index (χ0n) is 28.5. The average Bonchev–Trinajstić information content (AvgIpc) is 3.78. The molecule has 0 saturated heterocycles. The number of anilines is 3. The van der Waals surface area contributed by atoms with Crippen LogP contribution in [0.15, 0.2) is 94.0 Å². The van der Waals surface area contributed by atoms with Crippen LogP contribution in [0.25, 0.3) is 27.9 Å². The van der Waals surface area contributed by atoms with Gasteiger partial charge in [-0.15, -0.1) is 20.0 Å². The number of rotatable bonds is 10. The number of hydrogen-bond acceptors (Lipinski definition) is 12. The molecule has 3 aromatic heterocycles. The molecule has 7 rings (SSSR count). The van der Waals surface area contributed by atoms with Gasteiger partial charge < -0.3 is 20.5 Å². The molecular formula is C35H30N10O6S2. The molecule has 0 unspecified atom stereocenters. The highest BCUT2D eigenvalue weighted by atomic mass is 32.2. The number of fused-ring (bicyclic) bond motifs is 2. The van der Waals surface area contributed by atoms with E-state index in [1.165, 1.54) is 42.7 Å². The maximum absolute atomic E-state index is 13.5. The van der Waals surface area contributed by atoms with Crippen LogP contribution in [0.4, 0.5) is 27.8 Å². The zero-order valence-corrected chi connectivity index (χ0v) is 30.1. The second kappa shape index (κ2) is 13.8. The maximum atomic E-state index is 13.5. The van der Waals surface area contributed by atoms with Gasteiger partial charge in [0.15, 0.2) is 22.3 Å². The molecule has 0 radical (unpaired) electrons. The summed E-state index contributed by atoms with van der Waals surface area (Å²) in [4.78, 5) is 27.9. The molecule has 0 saturated carbocycles. The van der Waals surface area contributed by atoms with E-state index in [0.29, 0.717) is 44.6 Å². The van der Waals surface area contributed by atoms with Crippen LogP contribution >= 0.6 is 11.5 Å². The first-order valence-corrected chi connectivity index (χ1v) is 18.1. The number of carbonyl (C=O) groups is 2. The second-order valence-electron chi connectivity index (χ2n) is 12.0. The Kier molecular flexibility index (Phi) is 9.06. The minimum atomic E-state index is -4.06. The van der Waals surface area contributed by atoms with Gasteiger partial charge in [0.2, 0.25) is 17.5 Å². The molecule has 0 aliphatic heterocycles. The number of phenolic OH excluding ortho intramolecular Hbond substituents is 1. The molecule has 268 valence electrons. The van der Waals surface area contributed by atoms with Crippen LogP contribution in [0, 0.1) is 13.8 Å². The van der Waals surface area contributed by atoms with Crippen LogP contribution in [0.3, 0.4) is 0 Å². The van der Waals surface area contributed by atoms with Crippen molar-refractivity contribution in [3.63, 3.8) is 0 Å². The molecule has 0 spiro atoms. The second-order valence-corrected chi connectivity index (χ2v) is 14.4. The number of nitrogens with one attached hydrogen (secondary N) is 4. The van der Waals surface area contributed by atoms with Crippen molar-refractivity contribution in [2.24, 2.45) is 10.2 Å². The first kappa shape index (κ1) is 34.8. The number of aromatic nitrogens is 5. The third-order valence-electron chi connectivity index (χ3n) is 7.72. The molecule has 0 atom stereocenters. The molecule has 0 aliphatic carbocycles. The Labute approximate surface area is 305 Å². The first-order chi connectivity index (χ1) is 25.3. The van der Waals surface area contributed by atoms with Gasteiger partial charge in [0.05, 0.1) is 38.9 Å². The first-order valence-electron chi connectivity index (χ1n) is 15.9. The number of aromatic hydroxyl groups is 1. The lowest BCUT2D eigenvalue weighted by Crippen LogP contribution is -2.12. The predicted molar refractivity (Wildman–Crippen MR) is 200 cm³/mol. The number of phenols is 1. The number of hydrogen-bond donors (Lipinski definition) is 5. The monoisotopic (exact) mass is 750 g/mol. The smallest absolute Gasteiger partial charge is 0.261 e. The summed E-state index contributed by atoms with van der Waals surface area (Å²) in [5.74, 6) is 0.145. The third kappa shape index (κ3) is 7.39. The SMILES string of the molecule is CC(=O)Nc1cc(N=Nc2snc3cc(S(=O)(=O)Nc4cccc(Oc5c(C)[nH]n6nc(-c7cccc(C)c7)nc56)c4)ccc23)cc(NC(C)=O)c1O. The molecule has 16 nitrogen and oxygen atoms in total. The number of aromatic amines is 1. The highest BCUT2D eigenvalue weighted by molar-refractivity contribution is 7.92. The average molecular weight is 751 g/mol. The Morgan fingerprint density at radius 3 is 2.38 bits per heavy atom. The molecule has 0 fully saturated rings. The van der Waals surface area contributed by atoms with Crippen LogP contribution < -0.4 is 20.1 Å². The molecule has 53 heavy (non-hydrogen) atoms. The molecule has 0 bridgehead atoms. The topological polar surface area (TPSA) is 217 Å². The molecule has 5 N–H and O–H groups in total. The Morgan fingerprint density at radius 2 is 1.66 bits per heavy atom. The van der Waals surface area contributed by atoms with Crippen molar-refractivity contribution in [1.82, 2.24) is 24.2 Å². The normalized spacial score (nSPS) is 11.7. The van der Waals surface area contributed by atoms with Crippen molar-refractivity contribution >= 4 is 77.7 Å². The molecule has 2 amide bonds. The summed E-state index contributed by atoms with van der Waals surface area (Å²) in [6.45, 7) is 6.37. The fourth-order valence-electron chi connectivity index (χ4n) is 5.40. The van der Waals surface area contributed by atoms with Crippen molar-refractivity contribution < 1.29 is 27.9 Å². The fourth-order valence-corrected chi connectivity index (χ4v) is 7.15. The summed E-state index contributed by atoms with van der Waals surface area (Å²) < 4.78 is 41.7. The van der Waals surface area contributed by atoms with E-state index >= 15 is 0 Å². The maximum Gasteiger partial charge on any atom is 0.261 e. The number of benzene rings is 4. The van der Waals surface area contributed by atoms with E-state index in [1.54, 1.807) is 30.3 Å². The number of carbonyl (C=O) groups excluding carboxylic acids is 2. The molecule has 0 aliphatic rings. The lowest BCUT2D eigenvalue weighted by atomic mass is 10.1. The van der Waals surface area contributed by atoms with Gasteiger partial charge >= 0.3 is 0 Å². The third-order valence-corrected chi connectivity index (χ3v) is 9.86. The quantitative estimate of drug-likeness (QED) is 0.0686. The summed E-state index contributed by atoms with van der Waals surface area (Å²) in [5.41, 5.74) is 4.04. The highest BCUT2D eigenvalue weighted by Crippen LogP contribution is 2.39. The Morgan fingerprint density at radius 1 is 0.925 bits per heavy atom. The molecule has 3 heterocycles. The van der Waals surface area contributed by atoms with Crippen molar-refractivity contribution in [3.05, 3.63) is 90.1 Å². The van der Waals surface area contributed by atoms with Crippen LogP contribution in [0.1, 0.15) is 25.1 Å². The van der Waals surface area contributed by atoms with Crippen molar-refractivity contribution in [1.29, 1.82) is 0 Å². The van der Waals surface area contributed by atoms with Crippen LogP contribution in [0.2, 0.25) is 0 Å². The van der Waals surface area contributed by atoms with Gasteiger partial charge in [0.25, 0.3) is 10.0 Å². The van der Waals surface area contributed by atoms with Crippen LogP contribution in [0.5, 0.6) is 17.2 Å². The molecule has 7 aromatic rings. The van der Waals surface area contributed by atoms with Crippen molar-refractivity contribution in [2.45, 2.75) is 32.6 Å². The number of aryl methyl sites for hydroxylation is 2. The summed E-state index contributed by atoms with van der Waals surface area (Å²) >= 11 is 0.999. The van der Waals surface area contributed by atoms with Crippen molar-refractivity contribution in [3.8, 4) is 28.6 Å². The number of H-pyrrole nitrogens is 1. The van der Waals surface area contributed by atoms with Gasteiger partial charge in [-0.2, -0.15) is 4.37 Å². The molecular weight excluding hydrogens is 721 g/mol. The summed E-state index contributed by atoms with van der Waals surface area (Å²) in [6.07, 6.45) is 0. The Bertz CT molecular complexity index is 2680. The van der Waals surface area contributed by atoms with Crippen LogP contribution in [-0.2, 0) is 19.6 Å². The molecule has 18 heteroatoms. The van der Waals surface area contributed by atoms with E-state index in [0.717, 1.165) is 22.7 Å². The van der Waals surface area contributed by atoms with Crippen molar-refractivity contribution in [2.75, 3.05) is 15.4 Å². The van der Waals surface area contributed by atoms with E-state index in [9.17, 15) is 23.1 Å². The summed E-state index contributed by atoms with van der Waals surface area (Å²) in [7, 11) is -4.06.